The minimum atomic E-state index is 0.865. The van der Waals surface area contributed by atoms with E-state index in [1.165, 1.54) is 0 Å². The lowest BCUT2D eigenvalue weighted by Crippen LogP contribution is -2.01. The topological polar surface area (TPSA) is 50.7 Å². The minimum absolute atomic E-state index is 0.865. The van der Waals surface area contributed by atoms with Gasteiger partial charge < -0.3 is 5.32 Å². The number of anilines is 1. The molecule has 0 fully saturated rings. The van der Waals surface area contributed by atoms with Crippen LogP contribution in [0.4, 0.5) is 5.82 Å². The third-order valence-corrected chi connectivity index (χ3v) is 4.24. The molecule has 0 aliphatic carbocycles. The zero-order valence-corrected chi connectivity index (χ0v) is 12.4. The summed E-state index contributed by atoms with van der Waals surface area (Å²) in [5.74, 6) is 1.75. The van der Waals surface area contributed by atoms with Crippen molar-refractivity contribution in [2.75, 3.05) is 12.4 Å². The summed E-state index contributed by atoms with van der Waals surface area (Å²) >= 11 is 3.24. The van der Waals surface area contributed by atoms with Gasteiger partial charge in [0, 0.05) is 30.6 Å². The lowest BCUT2D eigenvalue weighted by molar-refractivity contribution is 0.811. The average molecular weight is 280 g/mol. The van der Waals surface area contributed by atoms with Crippen molar-refractivity contribution in [3.8, 4) is 0 Å². The Bertz CT molecular complexity index is 525. The third kappa shape index (κ3) is 3.43. The molecule has 0 aliphatic rings. The summed E-state index contributed by atoms with van der Waals surface area (Å²) in [6.07, 6.45) is 1.95. The van der Waals surface area contributed by atoms with Gasteiger partial charge in [0.25, 0.3) is 0 Å². The second kappa shape index (κ2) is 6.15. The van der Waals surface area contributed by atoms with Crippen molar-refractivity contribution < 1.29 is 0 Å². The summed E-state index contributed by atoms with van der Waals surface area (Å²) in [6, 6.07) is 1.96. The number of hydrogen-bond acceptors (Lipinski definition) is 6. The lowest BCUT2D eigenvalue weighted by Gasteiger charge is -2.05. The van der Waals surface area contributed by atoms with Gasteiger partial charge in [-0.15, -0.1) is 11.3 Å². The molecule has 96 valence electrons. The van der Waals surface area contributed by atoms with E-state index in [-0.39, 0.29) is 0 Å². The van der Waals surface area contributed by atoms with E-state index in [1.54, 1.807) is 23.1 Å². The Morgan fingerprint density at radius 1 is 1.33 bits per heavy atom. The standard InChI is InChI=1S/C12H16N4S2/c1-4-5-9-15-10(13-3)6-11(16-9)18-12-14-8(2)7-17-12/h6-7H,4-5H2,1-3H3,(H,13,15,16). The van der Waals surface area contributed by atoms with E-state index in [0.717, 1.165) is 39.5 Å². The Morgan fingerprint density at radius 3 is 2.78 bits per heavy atom. The lowest BCUT2D eigenvalue weighted by atomic mass is 10.3. The van der Waals surface area contributed by atoms with Crippen LogP contribution < -0.4 is 5.32 Å². The van der Waals surface area contributed by atoms with Gasteiger partial charge in [0.05, 0.1) is 0 Å². The molecule has 6 heteroatoms. The number of nitrogens with one attached hydrogen (secondary N) is 1. The largest absolute Gasteiger partial charge is 0.373 e. The maximum absolute atomic E-state index is 4.55. The molecule has 0 unspecified atom stereocenters. The molecule has 0 atom stereocenters. The zero-order valence-electron chi connectivity index (χ0n) is 10.7. The fourth-order valence-corrected chi connectivity index (χ4v) is 3.26. The number of thiazole rings is 1. The average Bonchev–Trinajstić information content (AvgIpc) is 2.75. The Labute approximate surface area is 115 Å². The van der Waals surface area contributed by atoms with Crippen LogP contribution >= 0.6 is 23.1 Å². The highest BCUT2D eigenvalue weighted by Crippen LogP contribution is 2.30. The number of hydrogen-bond donors (Lipinski definition) is 1. The highest BCUT2D eigenvalue weighted by molar-refractivity contribution is 8.01. The van der Waals surface area contributed by atoms with Gasteiger partial charge in [-0.3, -0.25) is 0 Å². The highest BCUT2D eigenvalue weighted by atomic mass is 32.2. The molecule has 0 saturated heterocycles. The second-order valence-electron chi connectivity index (χ2n) is 3.86. The Hall–Kier alpha value is -1.14. The molecule has 18 heavy (non-hydrogen) atoms. The first-order chi connectivity index (χ1) is 8.71. The van der Waals surface area contributed by atoms with Gasteiger partial charge in [-0.25, -0.2) is 15.0 Å². The van der Waals surface area contributed by atoms with Gasteiger partial charge in [0.15, 0.2) is 4.34 Å². The van der Waals surface area contributed by atoms with Gasteiger partial charge in [-0.2, -0.15) is 0 Å². The molecule has 2 aromatic heterocycles. The van der Waals surface area contributed by atoms with Crippen molar-refractivity contribution in [2.24, 2.45) is 0 Å². The van der Waals surface area contributed by atoms with Crippen LogP contribution in [0, 0.1) is 6.92 Å². The summed E-state index contributed by atoms with van der Waals surface area (Å²) in [6.45, 7) is 4.13. The van der Waals surface area contributed by atoms with Crippen molar-refractivity contribution in [3.05, 3.63) is 23.0 Å². The third-order valence-electron chi connectivity index (χ3n) is 2.27. The van der Waals surface area contributed by atoms with Crippen LogP contribution in [0.15, 0.2) is 20.8 Å². The van der Waals surface area contributed by atoms with Crippen LogP contribution in [0.2, 0.25) is 0 Å². The fraction of sp³-hybridized carbons (Fsp3) is 0.417. The van der Waals surface area contributed by atoms with Crippen molar-refractivity contribution in [3.63, 3.8) is 0 Å². The molecule has 0 aliphatic heterocycles. The van der Waals surface area contributed by atoms with Gasteiger partial charge in [-0.05, 0) is 25.1 Å². The monoisotopic (exact) mass is 280 g/mol. The molecule has 4 nitrogen and oxygen atoms in total. The summed E-state index contributed by atoms with van der Waals surface area (Å²) in [7, 11) is 1.88. The normalized spacial score (nSPS) is 10.6. The molecule has 2 rings (SSSR count). The van der Waals surface area contributed by atoms with E-state index >= 15 is 0 Å². The Morgan fingerprint density at radius 2 is 2.17 bits per heavy atom. The smallest absolute Gasteiger partial charge is 0.156 e. The summed E-state index contributed by atoms with van der Waals surface area (Å²) in [5.41, 5.74) is 1.05. The number of aryl methyl sites for hydroxylation is 2. The van der Waals surface area contributed by atoms with Gasteiger partial charge in [0.2, 0.25) is 0 Å². The predicted octanol–water partition coefficient (Wildman–Crippen LogP) is 3.39. The summed E-state index contributed by atoms with van der Waals surface area (Å²) in [4.78, 5) is 13.4. The predicted molar refractivity (Wildman–Crippen MR) is 76.5 cm³/mol. The quantitative estimate of drug-likeness (QED) is 0.851. The zero-order chi connectivity index (χ0) is 13.0. The van der Waals surface area contributed by atoms with E-state index in [2.05, 4.69) is 32.6 Å². The molecule has 0 radical (unpaired) electrons. The minimum Gasteiger partial charge on any atom is -0.373 e. The maximum Gasteiger partial charge on any atom is 0.156 e. The van der Waals surface area contributed by atoms with E-state index in [0.29, 0.717) is 0 Å². The molecule has 1 N–H and O–H groups in total. The number of aromatic nitrogens is 3. The first-order valence-corrected chi connectivity index (χ1v) is 7.56. The fourth-order valence-electron chi connectivity index (χ4n) is 1.46. The second-order valence-corrected chi connectivity index (χ2v) is 5.99. The van der Waals surface area contributed by atoms with Crippen LogP contribution in [0.25, 0.3) is 0 Å². The SMILES string of the molecule is CCCc1nc(NC)cc(Sc2nc(C)cs2)n1. The maximum atomic E-state index is 4.55. The van der Waals surface area contributed by atoms with Crippen LogP contribution in [0.5, 0.6) is 0 Å². The van der Waals surface area contributed by atoms with Gasteiger partial charge >= 0.3 is 0 Å². The first-order valence-electron chi connectivity index (χ1n) is 5.87. The van der Waals surface area contributed by atoms with E-state index in [1.807, 2.05) is 20.0 Å². The van der Waals surface area contributed by atoms with Gasteiger partial charge in [0.1, 0.15) is 16.7 Å². The van der Waals surface area contributed by atoms with Gasteiger partial charge in [-0.1, -0.05) is 6.92 Å². The molecular weight excluding hydrogens is 264 g/mol. The van der Waals surface area contributed by atoms with Crippen LogP contribution in [0.3, 0.4) is 0 Å². The summed E-state index contributed by atoms with van der Waals surface area (Å²) in [5, 5.41) is 6.08. The van der Waals surface area contributed by atoms with Crippen LogP contribution in [-0.4, -0.2) is 22.0 Å². The van der Waals surface area contributed by atoms with Crippen LogP contribution in [-0.2, 0) is 6.42 Å². The Kier molecular flexibility index (Phi) is 4.54. The molecule has 2 heterocycles. The molecule has 0 amide bonds. The first kappa shape index (κ1) is 13.3. The van der Waals surface area contributed by atoms with E-state index in [9.17, 15) is 0 Å². The molecule has 0 spiro atoms. The number of nitrogens with zero attached hydrogens (tertiary/aromatic N) is 3. The summed E-state index contributed by atoms with van der Waals surface area (Å²) < 4.78 is 1.02. The van der Waals surface area contributed by atoms with Crippen molar-refractivity contribution >= 4 is 28.9 Å². The highest BCUT2D eigenvalue weighted by Gasteiger charge is 2.07. The Balaban J connectivity index is 2.23. The molecule has 0 aromatic carbocycles. The number of rotatable bonds is 5. The van der Waals surface area contributed by atoms with E-state index < -0.39 is 0 Å². The van der Waals surface area contributed by atoms with Crippen molar-refractivity contribution in [1.82, 2.24) is 15.0 Å². The molecule has 2 aromatic rings. The molecule has 0 bridgehead atoms. The molecular formula is C12H16N4S2. The van der Waals surface area contributed by atoms with Crippen LogP contribution in [0.1, 0.15) is 24.9 Å². The van der Waals surface area contributed by atoms with Crippen molar-refractivity contribution in [2.45, 2.75) is 36.1 Å². The molecule has 0 saturated carbocycles. The van der Waals surface area contributed by atoms with Crippen molar-refractivity contribution in [1.29, 1.82) is 0 Å². The van der Waals surface area contributed by atoms with E-state index in [4.69, 9.17) is 0 Å².